The molecule has 0 aromatic heterocycles. The standard InChI is InChI=1S/C13H18Br2N2O2S/c1-2-3-9-4-5-17(8-9)20(18,19)13-11(15)6-10(14)7-12(13)16/h6-7,9H,2-5,8,16H2,1H3. The first-order valence-electron chi connectivity index (χ1n) is 6.61. The van der Waals surface area contributed by atoms with Gasteiger partial charge in [0.2, 0.25) is 10.0 Å². The summed E-state index contributed by atoms with van der Waals surface area (Å²) in [5, 5.41) is 0. The van der Waals surface area contributed by atoms with Crippen molar-refractivity contribution in [3.8, 4) is 0 Å². The molecule has 1 unspecified atom stereocenters. The summed E-state index contributed by atoms with van der Waals surface area (Å²) in [5.74, 6) is 0.463. The number of nitrogen functional groups attached to an aromatic ring is 1. The monoisotopic (exact) mass is 424 g/mol. The second-order valence-electron chi connectivity index (χ2n) is 5.11. The minimum atomic E-state index is -3.53. The lowest BCUT2D eigenvalue weighted by atomic mass is 10.0. The predicted octanol–water partition coefficient (Wildman–Crippen LogP) is 3.60. The van der Waals surface area contributed by atoms with Crippen molar-refractivity contribution in [3.05, 3.63) is 21.1 Å². The summed E-state index contributed by atoms with van der Waals surface area (Å²) < 4.78 is 28.3. The van der Waals surface area contributed by atoms with E-state index in [1.807, 2.05) is 0 Å². The highest BCUT2D eigenvalue weighted by atomic mass is 79.9. The highest BCUT2D eigenvalue weighted by molar-refractivity contribution is 9.11. The van der Waals surface area contributed by atoms with Crippen LogP contribution in [-0.4, -0.2) is 25.8 Å². The van der Waals surface area contributed by atoms with Crippen LogP contribution in [0.2, 0.25) is 0 Å². The Morgan fingerprint density at radius 1 is 1.40 bits per heavy atom. The molecule has 4 nitrogen and oxygen atoms in total. The Kier molecular flexibility index (Phi) is 5.15. The molecule has 0 bridgehead atoms. The molecule has 1 fully saturated rings. The fourth-order valence-corrected chi connectivity index (χ4v) is 6.19. The van der Waals surface area contributed by atoms with Crippen molar-refractivity contribution in [1.29, 1.82) is 0 Å². The molecule has 1 aliphatic rings. The highest BCUT2D eigenvalue weighted by Gasteiger charge is 2.34. The number of halogens is 2. The maximum atomic E-state index is 12.7. The summed E-state index contributed by atoms with van der Waals surface area (Å²) in [5.41, 5.74) is 6.17. The van der Waals surface area contributed by atoms with E-state index in [-0.39, 0.29) is 10.6 Å². The van der Waals surface area contributed by atoms with Gasteiger partial charge < -0.3 is 5.73 Å². The van der Waals surface area contributed by atoms with Gasteiger partial charge in [-0.05, 0) is 46.8 Å². The van der Waals surface area contributed by atoms with E-state index in [1.165, 1.54) is 0 Å². The lowest BCUT2D eigenvalue weighted by molar-refractivity contribution is 0.444. The molecule has 1 aromatic carbocycles. The van der Waals surface area contributed by atoms with Gasteiger partial charge in [0.1, 0.15) is 4.90 Å². The zero-order valence-corrected chi connectivity index (χ0v) is 15.3. The van der Waals surface area contributed by atoms with Crippen molar-refractivity contribution in [2.45, 2.75) is 31.1 Å². The first-order valence-corrected chi connectivity index (χ1v) is 9.63. The average Bonchev–Trinajstić information content (AvgIpc) is 2.76. The lowest BCUT2D eigenvalue weighted by Crippen LogP contribution is -2.29. The minimum Gasteiger partial charge on any atom is -0.398 e. The van der Waals surface area contributed by atoms with Gasteiger partial charge in [-0.3, -0.25) is 0 Å². The molecule has 0 amide bonds. The number of anilines is 1. The summed E-state index contributed by atoms with van der Waals surface area (Å²) >= 11 is 6.62. The molecular formula is C13H18Br2N2O2S. The van der Waals surface area contributed by atoms with E-state index in [9.17, 15) is 8.42 Å². The Balaban J connectivity index is 2.33. The zero-order valence-electron chi connectivity index (χ0n) is 11.3. The maximum Gasteiger partial charge on any atom is 0.246 e. The van der Waals surface area contributed by atoms with E-state index in [0.29, 0.717) is 23.5 Å². The van der Waals surface area contributed by atoms with Gasteiger partial charge in [0.25, 0.3) is 0 Å². The smallest absolute Gasteiger partial charge is 0.246 e. The Labute approximate surface area is 137 Å². The molecule has 2 rings (SSSR count). The van der Waals surface area contributed by atoms with Crippen molar-refractivity contribution in [1.82, 2.24) is 4.31 Å². The molecule has 1 saturated heterocycles. The van der Waals surface area contributed by atoms with Gasteiger partial charge in [-0.25, -0.2) is 8.42 Å². The predicted molar refractivity (Wildman–Crippen MR) is 88.0 cm³/mol. The van der Waals surface area contributed by atoms with Gasteiger partial charge >= 0.3 is 0 Å². The molecule has 7 heteroatoms. The molecule has 112 valence electrons. The van der Waals surface area contributed by atoms with E-state index >= 15 is 0 Å². The third kappa shape index (κ3) is 3.21. The van der Waals surface area contributed by atoms with Crippen LogP contribution in [0.4, 0.5) is 5.69 Å². The first-order chi connectivity index (χ1) is 9.36. The first kappa shape index (κ1) is 16.3. The Hall–Kier alpha value is -0.110. The SMILES string of the molecule is CCCC1CCN(S(=O)(=O)c2c(N)cc(Br)cc2Br)C1. The molecular weight excluding hydrogens is 408 g/mol. The maximum absolute atomic E-state index is 12.7. The summed E-state index contributed by atoms with van der Waals surface area (Å²) in [6, 6.07) is 3.33. The van der Waals surface area contributed by atoms with Crippen molar-refractivity contribution < 1.29 is 8.42 Å². The second-order valence-corrected chi connectivity index (χ2v) is 8.76. The van der Waals surface area contributed by atoms with E-state index in [0.717, 1.165) is 23.7 Å². The number of hydrogen-bond acceptors (Lipinski definition) is 3. The van der Waals surface area contributed by atoms with Crippen LogP contribution < -0.4 is 5.73 Å². The number of benzene rings is 1. The highest BCUT2D eigenvalue weighted by Crippen LogP contribution is 2.35. The van der Waals surface area contributed by atoms with E-state index in [1.54, 1.807) is 16.4 Å². The number of nitrogens with zero attached hydrogens (tertiary/aromatic N) is 1. The quantitative estimate of drug-likeness (QED) is 0.749. The van der Waals surface area contributed by atoms with Gasteiger partial charge in [0.05, 0.1) is 5.69 Å². The van der Waals surface area contributed by atoms with Gasteiger partial charge in [-0.2, -0.15) is 4.31 Å². The summed E-state index contributed by atoms with van der Waals surface area (Å²) in [7, 11) is -3.53. The van der Waals surface area contributed by atoms with Gasteiger partial charge in [0, 0.05) is 22.0 Å². The molecule has 1 heterocycles. The van der Waals surface area contributed by atoms with Crippen LogP contribution in [0.3, 0.4) is 0 Å². The van der Waals surface area contributed by atoms with Crippen LogP contribution in [0.5, 0.6) is 0 Å². The van der Waals surface area contributed by atoms with Gasteiger partial charge in [0.15, 0.2) is 0 Å². The van der Waals surface area contributed by atoms with Crippen molar-refractivity contribution in [2.24, 2.45) is 5.92 Å². The fourth-order valence-electron chi connectivity index (χ4n) is 2.64. The van der Waals surface area contributed by atoms with Crippen LogP contribution in [0.1, 0.15) is 26.2 Å². The van der Waals surface area contributed by atoms with Crippen LogP contribution in [0.15, 0.2) is 26.0 Å². The van der Waals surface area contributed by atoms with Gasteiger partial charge in [-0.1, -0.05) is 29.3 Å². The van der Waals surface area contributed by atoms with Crippen LogP contribution in [0, 0.1) is 5.92 Å². The Bertz CT molecular complexity index is 581. The summed E-state index contributed by atoms with van der Waals surface area (Å²) in [6.45, 7) is 3.30. The topological polar surface area (TPSA) is 63.4 Å². The third-order valence-electron chi connectivity index (χ3n) is 3.58. The fraction of sp³-hybridized carbons (Fsp3) is 0.538. The third-order valence-corrected chi connectivity index (χ3v) is 6.91. The van der Waals surface area contributed by atoms with Crippen LogP contribution >= 0.6 is 31.9 Å². The normalized spacial score (nSPS) is 20.4. The Morgan fingerprint density at radius 2 is 2.10 bits per heavy atom. The largest absolute Gasteiger partial charge is 0.398 e. The van der Waals surface area contributed by atoms with Crippen LogP contribution in [-0.2, 0) is 10.0 Å². The number of rotatable bonds is 4. The lowest BCUT2D eigenvalue weighted by Gasteiger charge is -2.19. The molecule has 0 saturated carbocycles. The van der Waals surface area contributed by atoms with E-state index in [4.69, 9.17) is 5.73 Å². The Morgan fingerprint density at radius 3 is 2.70 bits per heavy atom. The summed E-state index contributed by atoms with van der Waals surface area (Å²) in [4.78, 5) is 0.179. The molecule has 0 radical (unpaired) electrons. The van der Waals surface area contributed by atoms with Crippen LogP contribution in [0.25, 0.3) is 0 Å². The number of hydrogen-bond donors (Lipinski definition) is 1. The summed E-state index contributed by atoms with van der Waals surface area (Å²) in [6.07, 6.45) is 3.09. The van der Waals surface area contributed by atoms with Crippen molar-refractivity contribution in [2.75, 3.05) is 18.8 Å². The molecule has 2 N–H and O–H groups in total. The van der Waals surface area contributed by atoms with Crippen molar-refractivity contribution in [3.63, 3.8) is 0 Å². The molecule has 1 aromatic rings. The van der Waals surface area contributed by atoms with Gasteiger partial charge in [-0.15, -0.1) is 0 Å². The molecule has 1 atom stereocenters. The zero-order chi connectivity index (χ0) is 14.9. The number of sulfonamides is 1. The second kappa shape index (κ2) is 6.34. The molecule has 0 aliphatic carbocycles. The number of nitrogens with two attached hydrogens (primary N) is 1. The average molecular weight is 426 g/mol. The van der Waals surface area contributed by atoms with E-state index in [2.05, 4.69) is 38.8 Å². The molecule has 20 heavy (non-hydrogen) atoms. The van der Waals surface area contributed by atoms with E-state index < -0.39 is 10.0 Å². The molecule has 1 aliphatic heterocycles. The molecule has 0 spiro atoms. The van der Waals surface area contributed by atoms with Crippen molar-refractivity contribution >= 4 is 47.6 Å². The minimum absolute atomic E-state index is 0.179.